The van der Waals surface area contributed by atoms with Crippen LogP contribution in [0.4, 0.5) is 22.0 Å². The molecule has 0 N–H and O–H groups in total. The second-order valence-corrected chi connectivity index (χ2v) is 4.80. The summed E-state index contributed by atoms with van der Waals surface area (Å²) in [5, 5.41) is -0.0593. The maximum absolute atomic E-state index is 13.1. The highest BCUT2D eigenvalue weighted by Crippen LogP contribution is 2.32. The van der Waals surface area contributed by atoms with Crippen LogP contribution in [0.15, 0.2) is 36.4 Å². The van der Waals surface area contributed by atoms with Crippen LogP contribution in [0, 0.1) is 18.1 Å². The second kappa shape index (κ2) is 6.02. The first-order valence-corrected chi connectivity index (χ1v) is 6.29. The molecule has 111 valence electrons. The van der Waals surface area contributed by atoms with Gasteiger partial charge in [-0.3, -0.25) is 0 Å². The molecule has 0 aliphatic rings. The quantitative estimate of drug-likeness (QED) is 0.662. The summed E-state index contributed by atoms with van der Waals surface area (Å²) in [6.07, 6.45) is -3.01. The highest BCUT2D eigenvalue weighted by molar-refractivity contribution is 6.30. The molecular formula is C15H9ClF5. The molecule has 1 radical (unpaired) electrons. The first kappa shape index (κ1) is 15.8. The molecule has 0 spiro atoms. The predicted molar refractivity (Wildman–Crippen MR) is 69.9 cm³/mol. The van der Waals surface area contributed by atoms with Gasteiger partial charge >= 0.3 is 6.18 Å². The lowest BCUT2D eigenvalue weighted by Gasteiger charge is -2.10. The largest absolute Gasteiger partial charge is 0.419 e. The van der Waals surface area contributed by atoms with Gasteiger partial charge in [-0.15, -0.1) is 0 Å². The van der Waals surface area contributed by atoms with E-state index < -0.39 is 23.4 Å². The number of halogens is 6. The van der Waals surface area contributed by atoms with Crippen LogP contribution in [-0.4, -0.2) is 0 Å². The first-order chi connectivity index (χ1) is 9.77. The summed E-state index contributed by atoms with van der Waals surface area (Å²) in [6, 6.07) is 6.80. The highest BCUT2D eigenvalue weighted by Gasteiger charge is 2.34. The van der Waals surface area contributed by atoms with E-state index in [-0.39, 0.29) is 17.0 Å². The minimum Gasteiger partial charge on any atom is -0.206 e. The van der Waals surface area contributed by atoms with Crippen LogP contribution >= 0.6 is 11.6 Å². The van der Waals surface area contributed by atoms with E-state index in [1.165, 1.54) is 30.7 Å². The van der Waals surface area contributed by atoms with E-state index in [4.69, 9.17) is 11.6 Å². The third kappa shape index (κ3) is 3.94. The third-order valence-corrected chi connectivity index (χ3v) is 3.14. The molecule has 0 nitrogen and oxygen atoms in total. The normalized spacial score (nSPS) is 11.7. The molecule has 0 aliphatic heterocycles. The molecule has 0 bridgehead atoms. The molecule has 2 aromatic rings. The van der Waals surface area contributed by atoms with Crippen molar-refractivity contribution < 1.29 is 22.0 Å². The van der Waals surface area contributed by atoms with E-state index in [1.54, 1.807) is 0 Å². The smallest absolute Gasteiger partial charge is 0.206 e. The van der Waals surface area contributed by atoms with Crippen LogP contribution in [-0.2, 0) is 12.6 Å². The molecular weight excluding hydrogens is 311 g/mol. The molecule has 0 heterocycles. The van der Waals surface area contributed by atoms with Crippen molar-refractivity contribution >= 4 is 11.6 Å². The molecule has 6 heteroatoms. The lowest BCUT2D eigenvalue weighted by Crippen LogP contribution is -2.08. The molecule has 0 aliphatic carbocycles. The molecule has 2 aromatic carbocycles. The summed E-state index contributed by atoms with van der Waals surface area (Å²) < 4.78 is 63.8. The summed E-state index contributed by atoms with van der Waals surface area (Å²) in [5.74, 6) is -1.88. The maximum atomic E-state index is 13.1. The number of hydrogen-bond donors (Lipinski definition) is 0. The van der Waals surface area contributed by atoms with Crippen LogP contribution in [0.2, 0.25) is 5.02 Å². The van der Waals surface area contributed by atoms with Crippen molar-refractivity contribution in [1.82, 2.24) is 0 Å². The van der Waals surface area contributed by atoms with Gasteiger partial charge in [-0.05, 0) is 48.2 Å². The molecule has 0 fully saturated rings. The Morgan fingerprint density at radius 1 is 0.952 bits per heavy atom. The van der Waals surface area contributed by atoms with Crippen molar-refractivity contribution in [2.75, 3.05) is 0 Å². The molecule has 2 rings (SSSR count). The van der Waals surface area contributed by atoms with Gasteiger partial charge in [0.2, 0.25) is 0 Å². The Balaban J connectivity index is 2.15. The fourth-order valence-electron chi connectivity index (χ4n) is 1.79. The zero-order valence-corrected chi connectivity index (χ0v) is 11.3. The van der Waals surface area contributed by atoms with Gasteiger partial charge in [0.25, 0.3) is 0 Å². The molecule has 0 saturated carbocycles. The average Bonchev–Trinajstić information content (AvgIpc) is 2.40. The van der Waals surface area contributed by atoms with Crippen LogP contribution in [0.3, 0.4) is 0 Å². The van der Waals surface area contributed by atoms with E-state index in [0.717, 1.165) is 12.1 Å². The fraction of sp³-hybridized carbons (Fsp3) is 0.133. The molecule has 0 aromatic heterocycles. The van der Waals surface area contributed by atoms with Crippen molar-refractivity contribution in [1.29, 1.82) is 0 Å². The van der Waals surface area contributed by atoms with Crippen LogP contribution in [0.1, 0.15) is 16.7 Å². The van der Waals surface area contributed by atoms with Crippen LogP contribution in [0.5, 0.6) is 0 Å². The van der Waals surface area contributed by atoms with Crippen LogP contribution < -0.4 is 0 Å². The topological polar surface area (TPSA) is 0 Å². The van der Waals surface area contributed by atoms with Gasteiger partial charge in [-0.2, -0.15) is 13.2 Å². The molecule has 0 saturated heterocycles. The summed E-state index contributed by atoms with van der Waals surface area (Å²) in [7, 11) is 0. The van der Waals surface area contributed by atoms with Crippen molar-refractivity contribution in [3.63, 3.8) is 0 Å². The zero-order chi connectivity index (χ0) is 15.6. The predicted octanol–water partition coefficient (Wildman–Crippen LogP) is 5.43. The Bertz CT molecular complexity index is 649. The minimum atomic E-state index is -4.74. The van der Waals surface area contributed by atoms with Gasteiger partial charge in [-0.1, -0.05) is 23.7 Å². The third-order valence-electron chi connectivity index (χ3n) is 2.85. The average molecular weight is 320 g/mol. The summed E-state index contributed by atoms with van der Waals surface area (Å²) in [4.78, 5) is 0. The minimum absolute atomic E-state index is 0.0593. The first-order valence-electron chi connectivity index (χ1n) is 5.91. The lowest BCUT2D eigenvalue weighted by atomic mass is 10.0. The standard InChI is InChI=1S/C15H9ClF5/c16-12-8-10(4-6-14(12)18)2-1-9-3-5-13(17)11(7-9)15(19,20)21/h1,3-8H,2H2. The van der Waals surface area contributed by atoms with Crippen molar-refractivity contribution in [3.8, 4) is 0 Å². The lowest BCUT2D eigenvalue weighted by molar-refractivity contribution is -0.140. The van der Waals surface area contributed by atoms with Gasteiger partial charge in [0.1, 0.15) is 11.6 Å². The van der Waals surface area contributed by atoms with Crippen LogP contribution in [0.25, 0.3) is 0 Å². The number of alkyl halides is 3. The van der Waals surface area contributed by atoms with Crippen molar-refractivity contribution in [2.45, 2.75) is 12.6 Å². The van der Waals surface area contributed by atoms with E-state index >= 15 is 0 Å². The fourth-order valence-corrected chi connectivity index (χ4v) is 1.99. The molecule has 0 atom stereocenters. The Morgan fingerprint density at radius 2 is 1.62 bits per heavy atom. The zero-order valence-electron chi connectivity index (χ0n) is 10.5. The van der Waals surface area contributed by atoms with E-state index in [0.29, 0.717) is 5.56 Å². The summed E-state index contributed by atoms with van der Waals surface area (Å²) in [5.41, 5.74) is -0.447. The highest BCUT2D eigenvalue weighted by atomic mass is 35.5. The monoisotopic (exact) mass is 319 g/mol. The summed E-state index contributed by atoms with van der Waals surface area (Å²) >= 11 is 5.61. The van der Waals surface area contributed by atoms with E-state index in [9.17, 15) is 22.0 Å². The van der Waals surface area contributed by atoms with Gasteiger partial charge in [-0.25, -0.2) is 8.78 Å². The Morgan fingerprint density at radius 3 is 2.24 bits per heavy atom. The van der Waals surface area contributed by atoms with Gasteiger partial charge in [0.05, 0.1) is 10.6 Å². The molecule has 0 unspecified atom stereocenters. The van der Waals surface area contributed by atoms with E-state index in [1.807, 2.05) is 0 Å². The molecule has 21 heavy (non-hydrogen) atoms. The van der Waals surface area contributed by atoms with Crippen molar-refractivity contribution in [3.05, 3.63) is 76.2 Å². The van der Waals surface area contributed by atoms with Gasteiger partial charge in [0.15, 0.2) is 0 Å². The molecule has 0 amide bonds. The Kier molecular flexibility index (Phi) is 4.52. The Labute approximate surface area is 123 Å². The van der Waals surface area contributed by atoms with Gasteiger partial charge in [0, 0.05) is 0 Å². The number of hydrogen-bond acceptors (Lipinski definition) is 0. The van der Waals surface area contributed by atoms with E-state index in [2.05, 4.69) is 0 Å². The van der Waals surface area contributed by atoms with Crippen molar-refractivity contribution in [2.24, 2.45) is 0 Å². The summed E-state index contributed by atoms with van der Waals surface area (Å²) in [6.45, 7) is 0. The Hall–Kier alpha value is -1.62. The number of rotatable bonds is 3. The SMILES string of the molecule is Fc1ccc(C[CH]c2ccc(F)c(C(F)(F)F)c2)cc1Cl. The maximum Gasteiger partial charge on any atom is 0.419 e. The second-order valence-electron chi connectivity index (χ2n) is 4.39. The number of benzene rings is 2. The van der Waals surface area contributed by atoms with Gasteiger partial charge < -0.3 is 0 Å².